The van der Waals surface area contributed by atoms with Gasteiger partial charge in [-0.05, 0) is 25.3 Å². The lowest BCUT2D eigenvalue weighted by molar-refractivity contribution is -0.116. The quantitative estimate of drug-likeness (QED) is 0.747. The van der Waals surface area contributed by atoms with E-state index in [0.29, 0.717) is 0 Å². The number of likely N-dealkylation sites (N-methyl/N-ethyl adjacent to an activating group) is 1. The molecule has 0 aliphatic carbocycles. The van der Waals surface area contributed by atoms with Gasteiger partial charge in [0.15, 0.2) is 0 Å². The molecule has 1 N–H and O–H groups in total. The summed E-state index contributed by atoms with van der Waals surface area (Å²) in [4.78, 5) is 11.0. The summed E-state index contributed by atoms with van der Waals surface area (Å²) in [5.74, 6) is -0.0273. The van der Waals surface area contributed by atoms with Gasteiger partial charge in [-0.15, -0.1) is 0 Å². The van der Waals surface area contributed by atoms with Gasteiger partial charge >= 0.3 is 0 Å². The highest BCUT2D eigenvalue weighted by Crippen LogP contribution is 2.08. The van der Waals surface area contributed by atoms with Crippen LogP contribution in [0.4, 0.5) is 0 Å². The second-order valence-corrected chi connectivity index (χ2v) is 3.59. The number of nitrogens with one attached hydrogen (secondary N) is 1. The number of allylic oxidation sites excluding steroid dienone is 1. The highest BCUT2D eigenvalue weighted by Gasteiger charge is 1.96. The standard InChI is InChI=1S/C13H17NO/c1-11(10-13(15)14-2)8-9-12-6-4-3-5-7-12/h3-7,10H,8-9H2,1-2H3,(H,14,15)/b11-10+. The topological polar surface area (TPSA) is 29.1 Å². The van der Waals surface area contributed by atoms with Crippen LogP contribution >= 0.6 is 0 Å². The summed E-state index contributed by atoms with van der Waals surface area (Å²) in [6.07, 6.45) is 3.57. The van der Waals surface area contributed by atoms with Gasteiger partial charge in [0.05, 0.1) is 0 Å². The maximum Gasteiger partial charge on any atom is 0.243 e. The van der Waals surface area contributed by atoms with E-state index >= 15 is 0 Å². The Morgan fingerprint density at radius 1 is 1.33 bits per heavy atom. The van der Waals surface area contributed by atoms with Crippen molar-refractivity contribution in [2.45, 2.75) is 19.8 Å². The minimum atomic E-state index is -0.0273. The SMILES string of the molecule is CNC(=O)/C=C(\C)CCc1ccccc1. The molecule has 0 aliphatic rings. The van der Waals surface area contributed by atoms with Crippen LogP contribution in [0.3, 0.4) is 0 Å². The third-order valence-electron chi connectivity index (χ3n) is 2.27. The summed E-state index contributed by atoms with van der Waals surface area (Å²) < 4.78 is 0. The van der Waals surface area contributed by atoms with Crippen LogP contribution in [0.2, 0.25) is 0 Å². The van der Waals surface area contributed by atoms with Crippen LogP contribution in [0.25, 0.3) is 0 Å². The largest absolute Gasteiger partial charge is 0.356 e. The molecule has 0 saturated carbocycles. The Kier molecular flexibility index (Phi) is 4.61. The van der Waals surface area contributed by atoms with Gasteiger partial charge in [-0.1, -0.05) is 35.9 Å². The van der Waals surface area contributed by atoms with Gasteiger partial charge in [0.25, 0.3) is 0 Å². The monoisotopic (exact) mass is 203 g/mol. The number of rotatable bonds is 4. The molecule has 0 aromatic heterocycles. The van der Waals surface area contributed by atoms with Gasteiger partial charge < -0.3 is 5.32 Å². The third-order valence-corrected chi connectivity index (χ3v) is 2.27. The molecule has 0 heterocycles. The van der Waals surface area contributed by atoms with E-state index in [1.165, 1.54) is 5.56 Å². The van der Waals surface area contributed by atoms with E-state index in [1.807, 2.05) is 25.1 Å². The highest BCUT2D eigenvalue weighted by molar-refractivity contribution is 5.87. The number of carbonyl (C=O) groups excluding carboxylic acids is 1. The maximum absolute atomic E-state index is 11.0. The Balaban J connectivity index is 2.44. The van der Waals surface area contributed by atoms with Crippen molar-refractivity contribution in [3.63, 3.8) is 0 Å². The summed E-state index contributed by atoms with van der Waals surface area (Å²) in [6, 6.07) is 10.3. The molecule has 1 aromatic carbocycles. The lowest BCUT2D eigenvalue weighted by atomic mass is 10.1. The van der Waals surface area contributed by atoms with E-state index in [9.17, 15) is 4.79 Å². The van der Waals surface area contributed by atoms with Gasteiger partial charge in [0.2, 0.25) is 5.91 Å². The second kappa shape index (κ2) is 6.02. The Morgan fingerprint density at radius 3 is 2.60 bits per heavy atom. The molecule has 2 nitrogen and oxygen atoms in total. The number of amides is 1. The van der Waals surface area contributed by atoms with Crippen molar-refractivity contribution in [1.82, 2.24) is 5.32 Å². The molecule has 0 bridgehead atoms. The van der Waals surface area contributed by atoms with Crippen molar-refractivity contribution < 1.29 is 4.79 Å². The van der Waals surface area contributed by atoms with Crippen molar-refractivity contribution in [2.24, 2.45) is 0 Å². The zero-order valence-corrected chi connectivity index (χ0v) is 9.29. The molecule has 80 valence electrons. The van der Waals surface area contributed by atoms with Gasteiger partial charge in [0, 0.05) is 13.1 Å². The summed E-state index contributed by atoms with van der Waals surface area (Å²) in [7, 11) is 1.64. The van der Waals surface area contributed by atoms with Crippen LogP contribution in [0.15, 0.2) is 42.0 Å². The van der Waals surface area contributed by atoms with Gasteiger partial charge in [0.1, 0.15) is 0 Å². The molecule has 1 rings (SSSR count). The Bertz CT molecular complexity index is 341. The lowest BCUT2D eigenvalue weighted by Crippen LogP contribution is -2.14. The van der Waals surface area contributed by atoms with Crippen molar-refractivity contribution in [3.8, 4) is 0 Å². The first-order chi connectivity index (χ1) is 7.22. The van der Waals surface area contributed by atoms with Crippen LogP contribution < -0.4 is 5.32 Å². The zero-order chi connectivity index (χ0) is 11.1. The van der Waals surface area contributed by atoms with Crippen LogP contribution in [0.1, 0.15) is 18.9 Å². The van der Waals surface area contributed by atoms with Gasteiger partial charge in [-0.2, -0.15) is 0 Å². The molecule has 2 heteroatoms. The Hall–Kier alpha value is -1.57. The van der Waals surface area contributed by atoms with E-state index in [-0.39, 0.29) is 5.91 Å². The fraction of sp³-hybridized carbons (Fsp3) is 0.308. The molecule has 0 spiro atoms. The fourth-order valence-corrected chi connectivity index (χ4v) is 1.35. The molecule has 0 radical (unpaired) electrons. The lowest BCUT2D eigenvalue weighted by Gasteiger charge is -2.01. The second-order valence-electron chi connectivity index (χ2n) is 3.59. The highest BCUT2D eigenvalue weighted by atomic mass is 16.1. The Morgan fingerprint density at radius 2 is 2.00 bits per heavy atom. The molecule has 1 amide bonds. The van der Waals surface area contributed by atoms with Crippen molar-refractivity contribution in [2.75, 3.05) is 7.05 Å². The molecule has 15 heavy (non-hydrogen) atoms. The molecule has 0 fully saturated rings. The number of aryl methyl sites for hydroxylation is 1. The number of hydrogen-bond donors (Lipinski definition) is 1. The van der Waals surface area contributed by atoms with Crippen molar-refractivity contribution in [3.05, 3.63) is 47.5 Å². The summed E-state index contributed by atoms with van der Waals surface area (Å²) in [5.41, 5.74) is 2.42. The number of benzene rings is 1. The summed E-state index contributed by atoms with van der Waals surface area (Å²) >= 11 is 0. The zero-order valence-electron chi connectivity index (χ0n) is 9.29. The van der Waals surface area contributed by atoms with Crippen LogP contribution in [-0.2, 0) is 11.2 Å². The van der Waals surface area contributed by atoms with Crippen LogP contribution in [0, 0.1) is 0 Å². The molecular weight excluding hydrogens is 186 g/mol. The first-order valence-electron chi connectivity index (χ1n) is 5.15. The average molecular weight is 203 g/mol. The van der Waals surface area contributed by atoms with E-state index in [1.54, 1.807) is 13.1 Å². The first kappa shape index (κ1) is 11.5. The number of hydrogen-bond acceptors (Lipinski definition) is 1. The predicted octanol–water partition coefficient (Wildman–Crippen LogP) is 2.31. The fourth-order valence-electron chi connectivity index (χ4n) is 1.35. The first-order valence-corrected chi connectivity index (χ1v) is 5.15. The van der Waals surface area contributed by atoms with Crippen LogP contribution in [-0.4, -0.2) is 13.0 Å². The van der Waals surface area contributed by atoms with Gasteiger partial charge in [-0.3, -0.25) is 4.79 Å². The molecule has 0 aliphatic heterocycles. The average Bonchev–Trinajstić information content (AvgIpc) is 2.27. The van der Waals surface area contributed by atoms with Crippen molar-refractivity contribution in [1.29, 1.82) is 0 Å². The maximum atomic E-state index is 11.0. The smallest absolute Gasteiger partial charge is 0.243 e. The van der Waals surface area contributed by atoms with E-state index in [4.69, 9.17) is 0 Å². The van der Waals surface area contributed by atoms with Crippen molar-refractivity contribution >= 4 is 5.91 Å². The minimum Gasteiger partial charge on any atom is -0.356 e. The van der Waals surface area contributed by atoms with E-state index < -0.39 is 0 Å². The summed E-state index contributed by atoms with van der Waals surface area (Å²) in [6.45, 7) is 1.98. The molecule has 0 atom stereocenters. The van der Waals surface area contributed by atoms with E-state index in [0.717, 1.165) is 18.4 Å². The van der Waals surface area contributed by atoms with Crippen LogP contribution in [0.5, 0.6) is 0 Å². The van der Waals surface area contributed by atoms with E-state index in [2.05, 4.69) is 17.4 Å². The predicted molar refractivity (Wildman–Crippen MR) is 62.6 cm³/mol. The third kappa shape index (κ3) is 4.45. The summed E-state index contributed by atoms with van der Waals surface area (Å²) in [5, 5.41) is 2.58. The number of carbonyl (C=O) groups is 1. The molecule has 1 aromatic rings. The molecule has 0 unspecified atom stereocenters. The minimum absolute atomic E-state index is 0.0273. The molecule has 0 saturated heterocycles. The van der Waals surface area contributed by atoms with Gasteiger partial charge in [-0.25, -0.2) is 0 Å². The normalized spacial score (nSPS) is 11.2. The molecular formula is C13H17NO. The Labute approximate surface area is 91.0 Å².